The molecule has 2 amide bonds. The Morgan fingerprint density at radius 3 is 2.50 bits per heavy atom. The summed E-state index contributed by atoms with van der Waals surface area (Å²) in [5.74, 6) is -0.208. The van der Waals surface area contributed by atoms with Crippen LogP contribution in [-0.2, 0) is 4.79 Å². The molecule has 7 heteroatoms. The van der Waals surface area contributed by atoms with Gasteiger partial charge in [-0.1, -0.05) is 29.8 Å². The summed E-state index contributed by atoms with van der Waals surface area (Å²) in [4.78, 5) is 32.1. The number of piperidine rings is 1. The number of hydrogen-bond donors (Lipinski definition) is 1. The monoisotopic (exact) mass is 489 g/mol. The third-order valence-electron chi connectivity index (χ3n) is 6.20. The van der Waals surface area contributed by atoms with Crippen molar-refractivity contribution in [2.45, 2.75) is 19.8 Å². The molecule has 1 aromatic heterocycles. The van der Waals surface area contributed by atoms with Gasteiger partial charge in [0.25, 0.3) is 5.91 Å². The van der Waals surface area contributed by atoms with Gasteiger partial charge < -0.3 is 10.2 Å². The molecule has 1 saturated heterocycles. The molecule has 0 atom stereocenters. The van der Waals surface area contributed by atoms with Gasteiger partial charge in [-0.3, -0.25) is 9.59 Å². The average Bonchev–Trinajstić information content (AvgIpc) is 3.28. The van der Waals surface area contributed by atoms with Crippen LogP contribution in [-0.4, -0.2) is 34.8 Å². The smallest absolute Gasteiger partial charge is 0.255 e. The van der Waals surface area contributed by atoms with Crippen molar-refractivity contribution in [1.29, 1.82) is 0 Å². The van der Waals surface area contributed by atoms with Crippen LogP contribution >= 0.6 is 22.9 Å². The molecule has 0 radical (unpaired) electrons. The van der Waals surface area contributed by atoms with Crippen LogP contribution in [0, 0.1) is 12.8 Å². The van der Waals surface area contributed by atoms with Crippen LogP contribution in [0.25, 0.3) is 20.8 Å². The van der Waals surface area contributed by atoms with Crippen molar-refractivity contribution < 1.29 is 9.59 Å². The van der Waals surface area contributed by atoms with Gasteiger partial charge in [-0.15, -0.1) is 11.3 Å². The number of benzene rings is 3. The van der Waals surface area contributed by atoms with Gasteiger partial charge in [0.2, 0.25) is 5.91 Å². The first-order chi connectivity index (χ1) is 16.5. The molecule has 5 nitrogen and oxygen atoms in total. The minimum absolute atomic E-state index is 0.00643. The van der Waals surface area contributed by atoms with Crippen LogP contribution in [0.4, 0.5) is 5.69 Å². The highest BCUT2D eigenvalue weighted by Crippen LogP contribution is 2.31. The second-order valence-electron chi connectivity index (χ2n) is 8.60. The van der Waals surface area contributed by atoms with E-state index in [0.29, 0.717) is 36.5 Å². The van der Waals surface area contributed by atoms with E-state index in [2.05, 4.69) is 24.4 Å². The third kappa shape index (κ3) is 4.69. The highest BCUT2D eigenvalue weighted by Gasteiger charge is 2.28. The number of aryl methyl sites for hydroxylation is 1. The Labute approximate surface area is 207 Å². The number of fused-ring (bicyclic) bond motifs is 1. The largest absolute Gasteiger partial charge is 0.339 e. The number of rotatable bonds is 4. The zero-order valence-corrected chi connectivity index (χ0v) is 20.3. The Balaban J connectivity index is 1.19. The van der Waals surface area contributed by atoms with E-state index in [-0.39, 0.29) is 17.7 Å². The molecule has 1 aliphatic heterocycles. The molecule has 34 heavy (non-hydrogen) atoms. The SMILES string of the molecule is Cc1ccc2nc(-c3ccc(NC(=O)C4CCN(C(=O)c5ccccc5Cl)CC4)cc3)sc2c1. The van der Waals surface area contributed by atoms with Crippen LogP contribution in [0.2, 0.25) is 5.02 Å². The molecule has 1 aliphatic rings. The predicted octanol–water partition coefficient (Wildman–Crippen LogP) is 6.42. The first-order valence-electron chi connectivity index (χ1n) is 11.3. The van der Waals surface area contributed by atoms with Crippen LogP contribution in [0.1, 0.15) is 28.8 Å². The Morgan fingerprint density at radius 1 is 1.03 bits per heavy atom. The number of aromatic nitrogens is 1. The number of carbonyl (C=O) groups is 2. The van der Waals surface area contributed by atoms with Crippen LogP contribution in [0.3, 0.4) is 0 Å². The number of halogens is 1. The molecule has 2 heterocycles. The van der Waals surface area contributed by atoms with Gasteiger partial charge in [0.15, 0.2) is 0 Å². The molecule has 5 rings (SSSR count). The molecule has 0 aliphatic carbocycles. The summed E-state index contributed by atoms with van der Waals surface area (Å²) in [6.07, 6.45) is 1.26. The van der Waals surface area contributed by atoms with Crippen LogP contribution in [0.15, 0.2) is 66.7 Å². The van der Waals surface area contributed by atoms with Crippen LogP contribution in [0.5, 0.6) is 0 Å². The molecule has 1 fully saturated rings. The highest BCUT2D eigenvalue weighted by molar-refractivity contribution is 7.21. The molecule has 3 aromatic carbocycles. The summed E-state index contributed by atoms with van der Waals surface area (Å²) in [5, 5.41) is 4.45. The van der Waals surface area contributed by atoms with Crippen molar-refractivity contribution in [3.8, 4) is 10.6 Å². The van der Waals surface area contributed by atoms with E-state index in [1.807, 2.05) is 42.5 Å². The fraction of sp³-hybridized carbons (Fsp3) is 0.222. The normalized spacial score (nSPS) is 14.4. The van der Waals surface area contributed by atoms with Gasteiger partial charge in [-0.05, 0) is 73.9 Å². The van der Waals surface area contributed by atoms with Gasteiger partial charge in [-0.25, -0.2) is 4.98 Å². The number of amides is 2. The molecular formula is C27H24ClN3O2S. The number of nitrogens with zero attached hydrogens (tertiary/aromatic N) is 2. The fourth-order valence-electron chi connectivity index (χ4n) is 4.25. The average molecular weight is 490 g/mol. The maximum absolute atomic E-state index is 12.8. The summed E-state index contributed by atoms with van der Waals surface area (Å²) in [5.41, 5.74) is 4.53. The Hall–Kier alpha value is -3.22. The summed E-state index contributed by atoms with van der Waals surface area (Å²) < 4.78 is 1.17. The lowest BCUT2D eigenvalue weighted by Gasteiger charge is -2.31. The number of anilines is 1. The van der Waals surface area contributed by atoms with Gasteiger partial charge in [0.1, 0.15) is 5.01 Å². The van der Waals surface area contributed by atoms with E-state index in [9.17, 15) is 9.59 Å². The van der Waals surface area contributed by atoms with E-state index in [0.717, 1.165) is 21.8 Å². The number of nitrogens with one attached hydrogen (secondary N) is 1. The van der Waals surface area contributed by atoms with Crippen molar-refractivity contribution in [3.05, 3.63) is 82.9 Å². The lowest BCUT2D eigenvalue weighted by Crippen LogP contribution is -2.41. The van der Waals surface area contributed by atoms with Crippen molar-refractivity contribution in [2.75, 3.05) is 18.4 Å². The Bertz CT molecular complexity index is 1360. The number of hydrogen-bond acceptors (Lipinski definition) is 4. The predicted molar refractivity (Wildman–Crippen MR) is 139 cm³/mol. The van der Waals surface area contributed by atoms with E-state index < -0.39 is 0 Å². The van der Waals surface area contributed by atoms with Crippen molar-refractivity contribution >= 4 is 50.7 Å². The van der Waals surface area contributed by atoms with Crippen molar-refractivity contribution in [1.82, 2.24) is 9.88 Å². The minimum Gasteiger partial charge on any atom is -0.339 e. The third-order valence-corrected chi connectivity index (χ3v) is 7.60. The summed E-state index contributed by atoms with van der Waals surface area (Å²) >= 11 is 7.84. The molecule has 172 valence electrons. The lowest BCUT2D eigenvalue weighted by molar-refractivity contribution is -0.121. The van der Waals surface area contributed by atoms with E-state index in [1.54, 1.807) is 28.4 Å². The molecule has 4 aromatic rings. The zero-order valence-electron chi connectivity index (χ0n) is 18.8. The molecule has 0 unspecified atom stereocenters. The van der Waals surface area contributed by atoms with Crippen molar-refractivity contribution in [3.63, 3.8) is 0 Å². The Kier molecular flexibility index (Phi) is 6.35. The summed E-state index contributed by atoms with van der Waals surface area (Å²) in [6, 6.07) is 21.2. The van der Waals surface area contributed by atoms with Gasteiger partial charge in [-0.2, -0.15) is 0 Å². The number of carbonyl (C=O) groups excluding carboxylic acids is 2. The maximum atomic E-state index is 12.8. The lowest BCUT2D eigenvalue weighted by atomic mass is 9.95. The topological polar surface area (TPSA) is 62.3 Å². The molecule has 0 bridgehead atoms. The first kappa shape index (κ1) is 22.6. The molecular weight excluding hydrogens is 466 g/mol. The van der Waals surface area contributed by atoms with Crippen molar-refractivity contribution in [2.24, 2.45) is 5.92 Å². The summed E-state index contributed by atoms with van der Waals surface area (Å²) in [6.45, 7) is 3.16. The van der Waals surface area contributed by atoms with Gasteiger partial charge in [0.05, 0.1) is 20.8 Å². The second kappa shape index (κ2) is 9.57. The van der Waals surface area contributed by atoms with Gasteiger partial charge >= 0.3 is 0 Å². The molecule has 0 saturated carbocycles. The van der Waals surface area contributed by atoms with Gasteiger partial charge in [0, 0.05) is 30.3 Å². The zero-order chi connectivity index (χ0) is 23.7. The summed E-state index contributed by atoms with van der Waals surface area (Å²) in [7, 11) is 0. The van der Waals surface area contributed by atoms with E-state index in [1.165, 1.54) is 10.3 Å². The minimum atomic E-state index is -0.123. The molecule has 0 spiro atoms. The highest BCUT2D eigenvalue weighted by atomic mass is 35.5. The number of thiazole rings is 1. The fourth-order valence-corrected chi connectivity index (χ4v) is 5.53. The maximum Gasteiger partial charge on any atom is 0.255 e. The Morgan fingerprint density at radius 2 is 1.76 bits per heavy atom. The standard InChI is InChI=1S/C27H24ClN3O2S/c1-17-6-11-23-24(16-17)34-26(30-23)19-7-9-20(10-8-19)29-25(32)18-12-14-31(15-13-18)27(33)21-4-2-3-5-22(21)28/h2-11,16,18H,12-15H2,1H3,(H,29,32). The van der Waals surface area contributed by atoms with Crippen LogP contribution < -0.4 is 5.32 Å². The van der Waals surface area contributed by atoms with E-state index in [4.69, 9.17) is 16.6 Å². The molecule has 1 N–H and O–H groups in total. The first-order valence-corrected chi connectivity index (χ1v) is 12.5. The van der Waals surface area contributed by atoms with E-state index >= 15 is 0 Å². The second-order valence-corrected chi connectivity index (χ2v) is 10.0. The number of likely N-dealkylation sites (tertiary alicyclic amines) is 1. The quantitative estimate of drug-likeness (QED) is 0.360.